The third kappa shape index (κ3) is 3.17. The lowest BCUT2D eigenvalue weighted by Gasteiger charge is -2.13. The topological polar surface area (TPSA) is 40.5 Å². The molecule has 0 aromatic heterocycles. The summed E-state index contributed by atoms with van der Waals surface area (Å²) in [5, 5.41) is 19.1. The first kappa shape index (κ1) is 16.0. The van der Waals surface area contributed by atoms with Gasteiger partial charge >= 0.3 is 0 Å². The molecule has 2 nitrogen and oxygen atoms in total. The van der Waals surface area contributed by atoms with Gasteiger partial charge < -0.3 is 10.2 Å². The lowest BCUT2D eigenvalue weighted by atomic mass is 9.91. The third-order valence-electron chi connectivity index (χ3n) is 4.48. The molecule has 4 rings (SSSR count). The zero-order chi connectivity index (χ0) is 17.9. The summed E-state index contributed by atoms with van der Waals surface area (Å²) in [4.78, 5) is 0. The summed E-state index contributed by atoms with van der Waals surface area (Å²) in [6.45, 7) is 0. The van der Waals surface area contributed by atoms with Crippen molar-refractivity contribution < 1.29 is 10.2 Å². The van der Waals surface area contributed by atoms with Crippen LogP contribution in [0.1, 0.15) is 0 Å². The van der Waals surface area contributed by atoms with Gasteiger partial charge in [-0.25, -0.2) is 0 Å². The molecule has 126 valence electrons. The number of hydrogen-bond donors (Lipinski definition) is 2. The van der Waals surface area contributed by atoms with Crippen molar-refractivity contribution in [2.45, 2.75) is 0 Å². The third-order valence-corrected chi connectivity index (χ3v) is 4.48. The fraction of sp³-hybridized carbons (Fsp3) is 0. The molecule has 26 heavy (non-hydrogen) atoms. The van der Waals surface area contributed by atoms with Crippen LogP contribution in [0, 0.1) is 0 Å². The molecule has 2 heteroatoms. The molecule has 0 amide bonds. The van der Waals surface area contributed by atoms with Crippen molar-refractivity contribution in [2.75, 3.05) is 0 Å². The minimum atomic E-state index is 0.260. The molecule has 4 aromatic carbocycles. The van der Waals surface area contributed by atoms with Crippen molar-refractivity contribution >= 4 is 0 Å². The van der Waals surface area contributed by atoms with E-state index in [1.807, 2.05) is 42.5 Å². The van der Waals surface area contributed by atoms with Gasteiger partial charge in [-0.05, 0) is 63.7 Å². The van der Waals surface area contributed by atoms with Crippen LogP contribution in [-0.2, 0) is 0 Å². The molecule has 0 spiro atoms. The van der Waals surface area contributed by atoms with Gasteiger partial charge in [0.15, 0.2) is 0 Å². The van der Waals surface area contributed by atoms with Crippen LogP contribution in [0.4, 0.5) is 0 Å². The Morgan fingerprint density at radius 1 is 0.385 bits per heavy atom. The second-order valence-corrected chi connectivity index (χ2v) is 6.22. The first-order valence-corrected chi connectivity index (χ1v) is 8.49. The van der Waals surface area contributed by atoms with Gasteiger partial charge in [-0.15, -0.1) is 0 Å². The normalized spacial score (nSPS) is 10.6. The molecule has 0 aliphatic rings. The van der Waals surface area contributed by atoms with Crippen molar-refractivity contribution in [3.63, 3.8) is 0 Å². The maximum absolute atomic E-state index is 9.58. The minimum absolute atomic E-state index is 0.260. The van der Waals surface area contributed by atoms with Gasteiger partial charge in [0.25, 0.3) is 0 Å². The van der Waals surface area contributed by atoms with Crippen molar-refractivity contribution in [1.29, 1.82) is 0 Å². The van der Waals surface area contributed by atoms with Gasteiger partial charge in [0, 0.05) is 0 Å². The van der Waals surface area contributed by atoms with Crippen LogP contribution in [0.25, 0.3) is 33.4 Å². The molecule has 4 aromatic rings. The van der Waals surface area contributed by atoms with E-state index in [4.69, 9.17) is 0 Å². The highest BCUT2D eigenvalue weighted by Gasteiger charge is 2.10. The van der Waals surface area contributed by atoms with E-state index in [0.29, 0.717) is 0 Å². The van der Waals surface area contributed by atoms with Gasteiger partial charge in [0.05, 0.1) is 0 Å². The van der Waals surface area contributed by atoms with Gasteiger partial charge in [-0.1, -0.05) is 66.7 Å². The molecule has 0 bridgehead atoms. The Balaban J connectivity index is 1.89. The van der Waals surface area contributed by atoms with E-state index in [9.17, 15) is 10.2 Å². The Labute approximate surface area is 152 Å². The number of phenols is 2. The molecule has 0 heterocycles. The van der Waals surface area contributed by atoms with Gasteiger partial charge in [-0.3, -0.25) is 0 Å². The predicted octanol–water partition coefficient (Wildman–Crippen LogP) is 6.10. The summed E-state index contributed by atoms with van der Waals surface area (Å²) < 4.78 is 0. The number of phenolic OH excluding ortho intramolecular Hbond substituents is 2. The second kappa shape index (κ2) is 6.77. The average molecular weight is 338 g/mol. The molecule has 2 N–H and O–H groups in total. The Morgan fingerprint density at radius 2 is 0.885 bits per heavy atom. The Morgan fingerprint density at radius 3 is 1.50 bits per heavy atom. The van der Waals surface area contributed by atoms with Crippen LogP contribution < -0.4 is 0 Å². The number of aromatic hydroxyl groups is 2. The van der Waals surface area contributed by atoms with Gasteiger partial charge in [0.1, 0.15) is 11.5 Å². The van der Waals surface area contributed by atoms with Gasteiger partial charge in [-0.2, -0.15) is 0 Å². The average Bonchev–Trinajstić information content (AvgIpc) is 2.69. The lowest BCUT2D eigenvalue weighted by Crippen LogP contribution is -1.87. The molecular weight excluding hydrogens is 320 g/mol. The van der Waals surface area contributed by atoms with E-state index in [1.165, 1.54) is 0 Å². The van der Waals surface area contributed by atoms with Crippen molar-refractivity contribution in [3.8, 4) is 44.9 Å². The quantitative estimate of drug-likeness (QED) is 0.474. The van der Waals surface area contributed by atoms with Crippen molar-refractivity contribution in [1.82, 2.24) is 0 Å². The molecule has 0 unspecified atom stereocenters. The van der Waals surface area contributed by atoms with Crippen LogP contribution in [0.3, 0.4) is 0 Å². The monoisotopic (exact) mass is 338 g/mol. The van der Waals surface area contributed by atoms with Crippen LogP contribution in [0.15, 0.2) is 97.1 Å². The summed E-state index contributed by atoms with van der Waals surface area (Å²) in [6.07, 6.45) is 0. The number of hydrogen-bond acceptors (Lipinski definition) is 2. The summed E-state index contributed by atoms with van der Waals surface area (Å²) >= 11 is 0. The minimum Gasteiger partial charge on any atom is -0.508 e. The Bertz CT molecular complexity index is 1020. The van der Waals surface area contributed by atoms with Crippen LogP contribution in [0.5, 0.6) is 11.5 Å². The van der Waals surface area contributed by atoms with E-state index in [2.05, 4.69) is 30.3 Å². The highest BCUT2D eigenvalue weighted by molar-refractivity contribution is 5.87. The molecule has 0 aliphatic heterocycles. The maximum Gasteiger partial charge on any atom is 0.115 e. The first-order valence-electron chi connectivity index (χ1n) is 8.49. The van der Waals surface area contributed by atoms with E-state index >= 15 is 0 Å². The molecule has 0 aliphatic carbocycles. The van der Waals surface area contributed by atoms with Crippen LogP contribution in [0.2, 0.25) is 0 Å². The maximum atomic E-state index is 9.58. The van der Waals surface area contributed by atoms with Crippen molar-refractivity contribution in [2.24, 2.45) is 0 Å². The molecule has 0 saturated heterocycles. The lowest BCUT2D eigenvalue weighted by molar-refractivity contribution is 0.475. The van der Waals surface area contributed by atoms with E-state index < -0.39 is 0 Å². The largest absolute Gasteiger partial charge is 0.508 e. The second-order valence-electron chi connectivity index (χ2n) is 6.22. The molecule has 0 radical (unpaired) electrons. The molecule has 0 fully saturated rings. The van der Waals surface area contributed by atoms with E-state index in [1.54, 1.807) is 24.3 Å². The summed E-state index contributed by atoms with van der Waals surface area (Å²) in [5.74, 6) is 0.522. The highest BCUT2D eigenvalue weighted by Crippen LogP contribution is 2.36. The standard InChI is InChI=1S/C24H18O2/c25-21-11-6-17(7-12-21)20-10-15-23(19-8-13-22(26)14-9-19)24(16-20)18-4-2-1-3-5-18/h1-16,25-26H. The Kier molecular flexibility index (Phi) is 4.16. The summed E-state index contributed by atoms with van der Waals surface area (Å²) in [6, 6.07) is 31.1. The van der Waals surface area contributed by atoms with E-state index in [0.717, 1.165) is 33.4 Å². The zero-order valence-corrected chi connectivity index (χ0v) is 14.1. The van der Waals surface area contributed by atoms with Crippen LogP contribution in [-0.4, -0.2) is 10.2 Å². The first-order chi connectivity index (χ1) is 12.7. The smallest absolute Gasteiger partial charge is 0.115 e. The van der Waals surface area contributed by atoms with E-state index in [-0.39, 0.29) is 11.5 Å². The molecular formula is C24H18O2. The molecule has 0 saturated carbocycles. The number of benzene rings is 4. The predicted molar refractivity (Wildman–Crippen MR) is 106 cm³/mol. The van der Waals surface area contributed by atoms with Crippen LogP contribution >= 0.6 is 0 Å². The molecule has 0 atom stereocenters. The Hall–Kier alpha value is -3.52. The summed E-state index contributed by atoms with van der Waals surface area (Å²) in [7, 11) is 0. The highest BCUT2D eigenvalue weighted by atomic mass is 16.3. The zero-order valence-electron chi connectivity index (χ0n) is 14.1. The fourth-order valence-electron chi connectivity index (χ4n) is 3.13. The summed E-state index contributed by atoms with van der Waals surface area (Å²) in [5.41, 5.74) is 6.57. The fourth-order valence-corrected chi connectivity index (χ4v) is 3.13. The van der Waals surface area contributed by atoms with Gasteiger partial charge in [0.2, 0.25) is 0 Å². The van der Waals surface area contributed by atoms with Crippen molar-refractivity contribution in [3.05, 3.63) is 97.1 Å². The SMILES string of the molecule is Oc1ccc(-c2ccc(-c3ccc(O)cc3)c(-c3ccccc3)c2)cc1. The number of rotatable bonds is 3.